The molecular formula is C11H10F3NO3S. The van der Waals surface area contributed by atoms with E-state index in [0.717, 1.165) is 19.1 Å². The molecule has 0 radical (unpaired) electrons. The van der Waals surface area contributed by atoms with Crippen molar-refractivity contribution in [3.8, 4) is 0 Å². The molecule has 0 aromatic heterocycles. The second-order valence-electron chi connectivity index (χ2n) is 3.70. The van der Waals surface area contributed by atoms with Crippen LogP contribution in [-0.4, -0.2) is 16.6 Å². The number of alkyl halides is 3. The summed E-state index contributed by atoms with van der Waals surface area (Å²) in [7, 11) is 0. The largest absolute Gasteiger partial charge is 0.416 e. The number of carbonyl (C=O) groups is 1. The standard InChI is InChI=1S/C11H10F3NO3S/c1-7(16)19-10(6-15(17)18)8-4-2-3-5-9(8)11(12,13)14/h2-5,10H,6H2,1H3/t10-/m0/s1. The quantitative estimate of drug-likeness (QED) is 0.631. The number of carbonyl (C=O) groups excluding carboxylic acids is 1. The van der Waals surface area contributed by atoms with Gasteiger partial charge in [0.2, 0.25) is 6.54 Å². The lowest BCUT2D eigenvalue weighted by Crippen LogP contribution is -2.16. The van der Waals surface area contributed by atoms with E-state index in [0.29, 0.717) is 11.8 Å². The zero-order chi connectivity index (χ0) is 14.6. The molecule has 0 unspecified atom stereocenters. The van der Waals surface area contributed by atoms with E-state index in [1.807, 2.05) is 0 Å². The third-order valence-electron chi connectivity index (χ3n) is 2.24. The lowest BCUT2D eigenvalue weighted by atomic mass is 10.0. The highest BCUT2D eigenvalue weighted by molar-refractivity contribution is 8.13. The van der Waals surface area contributed by atoms with Crippen molar-refractivity contribution in [2.45, 2.75) is 18.3 Å². The zero-order valence-corrected chi connectivity index (χ0v) is 10.6. The number of thioether (sulfide) groups is 1. The van der Waals surface area contributed by atoms with Crippen LogP contribution in [-0.2, 0) is 11.0 Å². The summed E-state index contributed by atoms with van der Waals surface area (Å²) in [6.07, 6.45) is -4.61. The molecule has 0 saturated carbocycles. The van der Waals surface area contributed by atoms with Gasteiger partial charge in [-0.1, -0.05) is 30.0 Å². The molecule has 0 aliphatic rings. The van der Waals surface area contributed by atoms with Gasteiger partial charge in [-0.05, 0) is 11.6 Å². The van der Waals surface area contributed by atoms with E-state index in [-0.39, 0.29) is 5.56 Å². The summed E-state index contributed by atoms with van der Waals surface area (Å²) in [5.41, 5.74) is -1.19. The second kappa shape index (κ2) is 6.05. The highest BCUT2D eigenvalue weighted by Gasteiger charge is 2.36. The zero-order valence-electron chi connectivity index (χ0n) is 9.81. The molecule has 0 saturated heterocycles. The number of hydrogen-bond donors (Lipinski definition) is 0. The van der Waals surface area contributed by atoms with Gasteiger partial charge in [-0.25, -0.2) is 0 Å². The summed E-state index contributed by atoms with van der Waals surface area (Å²) in [6, 6.07) is 4.57. The number of benzene rings is 1. The minimum absolute atomic E-state index is 0.244. The molecule has 1 rings (SSSR count). The van der Waals surface area contributed by atoms with Crippen LogP contribution < -0.4 is 0 Å². The Morgan fingerprint density at radius 3 is 2.47 bits per heavy atom. The van der Waals surface area contributed by atoms with Crippen molar-refractivity contribution in [2.24, 2.45) is 0 Å². The first kappa shape index (κ1) is 15.5. The van der Waals surface area contributed by atoms with E-state index in [9.17, 15) is 28.1 Å². The van der Waals surface area contributed by atoms with E-state index >= 15 is 0 Å². The van der Waals surface area contributed by atoms with E-state index < -0.39 is 33.6 Å². The Morgan fingerprint density at radius 1 is 1.42 bits per heavy atom. The third kappa shape index (κ3) is 4.55. The molecule has 8 heteroatoms. The Kier molecular flexibility index (Phi) is 4.93. The fourth-order valence-electron chi connectivity index (χ4n) is 1.57. The van der Waals surface area contributed by atoms with Crippen LogP contribution in [0, 0.1) is 10.1 Å². The molecule has 0 heterocycles. The topological polar surface area (TPSA) is 60.2 Å². The molecule has 0 bridgehead atoms. The van der Waals surface area contributed by atoms with Crippen molar-refractivity contribution in [2.75, 3.05) is 6.54 Å². The minimum atomic E-state index is -4.61. The van der Waals surface area contributed by atoms with Gasteiger partial charge in [0, 0.05) is 11.8 Å². The van der Waals surface area contributed by atoms with Crippen LogP contribution in [0.2, 0.25) is 0 Å². The molecule has 1 aromatic rings. The fraction of sp³-hybridized carbons (Fsp3) is 0.364. The predicted molar refractivity (Wildman–Crippen MR) is 64.3 cm³/mol. The second-order valence-corrected chi connectivity index (χ2v) is 5.08. The summed E-state index contributed by atoms with van der Waals surface area (Å²) >= 11 is 0.531. The van der Waals surface area contributed by atoms with Crippen molar-refractivity contribution in [1.29, 1.82) is 0 Å². The number of hydrogen-bond acceptors (Lipinski definition) is 4. The number of halogens is 3. The van der Waals surface area contributed by atoms with Gasteiger partial charge in [-0.3, -0.25) is 14.9 Å². The van der Waals surface area contributed by atoms with Crippen LogP contribution in [0.15, 0.2) is 24.3 Å². The molecule has 1 aromatic carbocycles. The molecule has 0 spiro atoms. The molecule has 19 heavy (non-hydrogen) atoms. The average molecular weight is 293 g/mol. The highest BCUT2D eigenvalue weighted by atomic mass is 32.2. The van der Waals surface area contributed by atoms with Crippen LogP contribution in [0.3, 0.4) is 0 Å². The predicted octanol–water partition coefficient (Wildman–Crippen LogP) is 3.30. The molecule has 4 nitrogen and oxygen atoms in total. The van der Waals surface area contributed by atoms with Gasteiger partial charge in [-0.15, -0.1) is 0 Å². The fourth-order valence-corrected chi connectivity index (χ4v) is 2.50. The van der Waals surface area contributed by atoms with Gasteiger partial charge >= 0.3 is 6.18 Å². The minimum Gasteiger partial charge on any atom is -0.288 e. The summed E-state index contributed by atoms with van der Waals surface area (Å²) < 4.78 is 38.5. The monoisotopic (exact) mass is 293 g/mol. The van der Waals surface area contributed by atoms with Crippen molar-refractivity contribution < 1.29 is 22.9 Å². The van der Waals surface area contributed by atoms with E-state index in [1.54, 1.807) is 0 Å². The van der Waals surface area contributed by atoms with Crippen molar-refractivity contribution in [3.63, 3.8) is 0 Å². The molecule has 1 atom stereocenters. The molecule has 0 aliphatic heterocycles. The number of nitrogens with zero attached hydrogens (tertiary/aromatic N) is 1. The van der Waals surface area contributed by atoms with E-state index in [1.165, 1.54) is 12.1 Å². The number of rotatable bonds is 4. The summed E-state index contributed by atoms with van der Waals surface area (Å²) in [5, 5.41) is 8.91. The van der Waals surface area contributed by atoms with E-state index in [4.69, 9.17) is 0 Å². The van der Waals surface area contributed by atoms with Gasteiger partial charge in [0.05, 0.1) is 5.56 Å². The summed E-state index contributed by atoms with van der Waals surface area (Å²) in [5.74, 6) is 0. The molecule has 104 valence electrons. The molecule has 0 fully saturated rings. The Balaban J connectivity index is 3.21. The van der Waals surface area contributed by atoms with Crippen molar-refractivity contribution in [1.82, 2.24) is 0 Å². The molecular weight excluding hydrogens is 283 g/mol. The lowest BCUT2D eigenvalue weighted by molar-refractivity contribution is -0.479. The van der Waals surface area contributed by atoms with E-state index in [2.05, 4.69) is 0 Å². The van der Waals surface area contributed by atoms with Crippen molar-refractivity contribution >= 4 is 16.9 Å². The highest BCUT2D eigenvalue weighted by Crippen LogP contribution is 2.39. The van der Waals surface area contributed by atoms with Gasteiger partial charge in [-0.2, -0.15) is 13.2 Å². The van der Waals surface area contributed by atoms with Crippen LogP contribution in [0.25, 0.3) is 0 Å². The van der Waals surface area contributed by atoms with Crippen LogP contribution >= 0.6 is 11.8 Å². The number of nitro groups is 1. The van der Waals surface area contributed by atoms with Gasteiger partial charge < -0.3 is 0 Å². The maximum atomic E-state index is 12.8. The Morgan fingerprint density at radius 2 is 2.00 bits per heavy atom. The van der Waals surface area contributed by atoms with Crippen LogP contribution in [0.4, 0.5) is 13.2 Å². The first-order valence-corrected chi connectivity index (χ1v) is 6.05. The maximum absolute atomic E-state index is 12.8. The maximum Gasteiger partial charge on any atom is 0.416 e. The SMILES string of the molecule is CC(=O)S[C@@H](C[N+](=O)[O-])c1ccccc1C(F)(F)F. The Bertz CT molecular complexity index is 474. The average Bonchev–Trinajstić information content (AvgIpc) is 2.25. The molecule has 0 aliphatic carbocycles. The van der Waals surface area contributed by atoms with Gasteiger partial charge in [0.1, 0.15) is 5.25 Å². The first-order valence-electron chi connectivity index (χ1n) is 5.17. The molecule has 0 N–H and O–H groups in total. The van der Waals surface area contributed by atoms with Crippen LogP contribution in [0.5, 0.6) is 0 Å². The lowest BCUT2D eigenvalue weighted by Gasteiger charge is -2.17. The van der Waals surface area contributed by atoms with Crippen molar-refractivity contribution in [3.05, 3.63) is 45.5 Å². The van der Waals surface area contributed by atoms with Gasteiger partial charge in [0.15, 0.2) is 5.12 Å². The Labute approximate surface area is 111 Å². The first-order chi connectivity index (χ1) is 8.71. The third-order valence-corrected chi connectivity index (χ3v) is 3.26. The van der Waals surface area contributed by atoms with Gasteiger partial charge in [0.25, 0.3) is 0 Å². The molecule has 0 amide bonds. The summed E-state index contributed by atoms with van der Waals surface area (Å²) in [4.78, 5) is 20.8. The summed E-state index contributed by atoms with van der Waals surface area (Å²) in [6.45, 7) is 0.422. The van der Waals surface area contributed by atoms with Crippen LogP contribution in [0.1, 0.15) is 23.3 Å². The smallest absolute Gasteiger partial charge is 0.288 e. The Hall–Kier alpha value is -1.57. The normalized spacial score (nSPS) is 13.1.